The Morgan fingerprint density at radius 1 is 1.21 bits per heavy atom. The fourth-order valence-corrected chi connectivity index (χ4v) is 3.35. The van der Waals surface area contributed by atoms with Crippen LogP contribution in [0.2, 0.25) is 0 Å². The largest absolute Gasteiger partial charge is 0.497 e. The summed E-state index contributed by atoms with van der Waals surface area (Å²) in [5, 5.41) is 0. The molecule has 108 valence electrons. The molecule has 0 fully saturated rings. The number of sulfone groups is 1. The fraction of sp³-hybridized carbons (Fsp3) is 0.455. The van der Waals surface area contributed by atoms with E-state index in [1.165, 1.54) is 19.2 Å². The van der Waals surface area contributed by atoms with E-state index >= 15 is 0 Å². The highest BCUT2D eigenvalue weighted by atomic mass is 32.2. The van der Waals surface area contributed by atoms with E-state index in [0.717, 1.165) is 6.26 Å². The van der Waals surface area contributed by atoms with Gasteiger partial charge in [0, 0.05) is 12.8 Å². The van der Waals surface area contributed by atoms with Crippen molar-refractivity contribution >= 4 is 19.9 Å². The number of hydrogen-bond acceptors (Lipinski definition) is 5. The molecular formula is C11H17NO5S2. The molecule has 0 spiro atoms. The van der Waals surface area contributed by atoms with Crippen LogP contribution in [0.1, 0.15) is 5.56 Å². The van der Waals surface area contributed by atoms with Gasteiger partial charge in [-0.15, -0.1) is 0 Å². The molecule has 6 nitrogen and oxygen atoms in total. The normalized spacial score (nSPS) is 12.4. The van der Waals surface area contributed by atoms with Crippen molar-refractivity contribution < 1.29 is 21.6 Å². The summed E-state index contributed by atoms with van der Waals surface area (Å²) < 4.78 is 53.1. The fourth-order valence-electron chi connectivity index (χ4n) is 1.49. The molecule has 1 N–H and O–H groups in total. The van der Waals surface area contributed by atoms with E-state index in [4.69, 9.17) is 4.74 Å². The van der Waals surface area contributed by atoms with Gasteiger partial charge in [-0.05, 0) is 30.7 Å². The van der Waals surface area contributed by atoms with Crippen LogP contribution in [-0.4, -0.2) is 42.5 Å². The molecule has 0 saturated carbocycles. The summed E-state index contributed by atoms with van der Waals surface area (Å²) in [6.07, 6.45) is 1.06. The van der Waals surface area contributed by atoms with Gasteiger partial charge in [0.2, 0.25) is 10.0 Å². The van der Waals surface area contributed by atoms with Gasteiger partial charge < -0.3 is 4.74 Å². The van der Waals surface area contributed by atoms with Crippen molar-refractivity contribution in [3.8, 4) is 5.75 Å². The number of rotatable bonds is 6. The summed E-state index contributed by atoms with van der Waals surface area (Å²) in [7, 11) is -5.41. The van der Waals surface area contributed by atoms with E-state index in [1.54, 1.807) is 13.0 Å². The van der Waals surface area contributed by atoms with E-state index in [1.807, 2.05) is 0 Å². The van der Waals surface area contributed by atoms with Crippen LogP contribution in [0.5, 0.6) is 5.75 Å². The summed E-state index contributed by atoms with van der Waals surface area (Å²) >= 11 is 0. The number of benzene rings is 1. The first-order chi connectivity index (χ1) is 8.65. The lowest BCUT2D eigenvalue weighted by molar-refractivity contribution is 0.414. The highest BCUT2D eigenvalue weighted by molar-refractivity contribution is 7.91. The van der Waals surface area contributed by atoms with Crippen LogP contribution in [0.25, 0.3) is 0 Å². The molecule has 1 rings (SSSR count). The Morgan fingerprint density at radius 2 is 1.84 bits per heavy atom. The molecule has 0 saturated heterocycles. The predicted octanol–water partition coefficient (Wildman–Crippen LogP) is 0.327. The number of nitrogens with one attached hydrogen (secondary N) is 1. The molecule has 0 radical (unpaired) electrons. The van der Waals surface area contributed by atoms with E-state index < -0.39 is 19.9 Å². The molecule has 0 atom stereocenters. The maximum Gasteiger partial charge on any atom is 0.240 e. The van der Waals surface area contributed by atoms with Crippen molar-refractivity contribution in [2.24, 2.45) is 0 Å². The van der Waals surface area contributed by atoms with Crippen LogP contribution >= 0.6 is 0 Å². The average molecular weight is 307 g/mol. The van der Waals surface area contributed by atoms with Crippen molar-refractivity contribution in [3.63, 3.8) is 0 Å². The molecule has 19 heavy (non-hydrogen) atoms. The molecule has 0 aliphatic carbocycles. The summed E-state index contributed by atoms with van der Waals surface area (Å²) in [5.74, 6) is 0.328. The first-order valence-electron chi connectivity index (χ1n) is 5.48. The number of hydrogen-bond donors (Lipinski definition) is 1. The molecule has 1 aromatic rings. The maximum absolute atomic E-state index is 12.0. The molecule has 0 unspecified atom stereocenters. The summed E-state index contributed by atoms with van der Waals surface area (Å²) in [5.41, 5.74) is 0.534. The molecule has 0 aliphatic rings. The van der Waals surface area contributed by atoms with Gasteiger partial charge in [-0.2, -0.15) is 0 Å². The average Bonchev–Trinajstić information content (AvgIpc) is 2.26. The summed E-state index contributed by atoms with van der Waals surface area (Å²) in [6.45, 7) is 1.50. The second-order valence-electron chi connectivity index (χ2n) is 4.16. The number of aryl methyl sites for hydroxylation is 1. The van der Waals surface area contributed by atoms with Gasteiger partial charge in [-0.1, -0.05) is 0 Å². The van der Waals surface area contributed by atoms with Crippen molar-refractivity contribution in [3.05, 3.63) is 23.8 Å². The molecule has 8 heteroatoms. The monoisotopic (exact) mass is 307 g/mol. The van der Waals surface area contributed by atoms with E-state index in [-0.39, 0.29) is 17.2 Å². The summed E-state index contributed by atoms with van der Waals surface area (Å²) in [6, 6.07) is 4.57. The Kier molecular flexibility index (Phi) is 4.94. The molecule has 0 aromatic heterocycles. The van der Waals surface area contributed by atoms with Gasteiger partial charge in [0.05, 0.1) is 17.8 Å². The zero-order chi connectivity index (χ0) is 14.7. The van der Waals surface area contributed by atoms with Crippen molar-refractivity contribution in [1.82, 2.24) is 4.72 Å². The van der Waals surface area contributed by atoms with Gasteiger partial charge >= 0.3 is 0 Å². The number of sulfonamides is 1. The molecule has 1 aromatic carbocycles. The third kappa shape index (κ3) is 4.81. The highest BCUT2D eigenvalue weighted by Crippen LogP contribution is 2.20. The molecule has 0 amide bonds. The topological polar surface area (TPSA) is 89.5 Å². The van der Waals surface area contributed by atoms with E-state index in [9.17, 15) is 16.8 Å². The van der Waals surface area contributed by atoms with Crippen LogP contribution < -0.4 is 9.46 Å². The zero-order valence-corrected chi connectivity index (χ0v) is 12.6. The Labute approximate surface area is 113 Å². The molecule has 0 aliphatic heterocycles. The van der Waals surface area contributed by atoms with E-state index in [2.05, 4.69) is 4.72 Å². The SMILES string of the molecule is COc1ccc(S(=O)(=O)NCCS(C)(=O)=O)c(C)c1. The third-order valence-corrected chi connectivity index (χ3v) is 5.00. The Morgan fingerprint density at radius 3 is 2.32 bits per heavy atom. The third-order valence-electron chi connectivity index (χ3n) is 2.44. The smallest absolute Gasteiger partial charge is 0.240 e. The number of methoxy groups -OCH3 is 1. The lowest BCUT2D eigenvalue weighted by Gasteiger charge is -2.10. The quantitative estimate of drug-likeness (QED) is 0.818. The highest BCUT2D eigenvalue weighted by Gasteiger charge is 2.17. The Bertz CT molecular complexity index is 650. The first kappa shape index (κ1) is 15.9. The molecule has 0 heterocycles. The van der Waals surface area contributed by atoms with Crippen LogP contribution in [0.3, 0.4) is 0 Å². The Hall–Kier alpha value is -1.12. The van der Waals surface area contributed by atoms with E-state index in [0.29, 0.717) is 11.3 Å². The van der Waals surface area contributed by atoms with Gasteiger partial charge in [-0.3, -0.25) is 0 Å². The van der Waals surface area contributed by atoms with Gasteiger partial charge in [0.1, 0.15) is 15.6 Å². The minimum Gasteiger partial charge on any atom is -0.497 e. The van der Waals surface area contributed by atoms with Crippen molar-refractivity contribution in [1.29, 1.82) is 0 Å². The second kappa shape index (κ2) is 5.89. The van der Waals surface area contributed by atoms with Gasteiger partial charge in [0.15, 0.2) is 0 Å². The molecule has 0 bridgehead atoms. The summed E-state index contributed by atoms with van der Waals surface area (Å²) in [4.78, 5) is 0.113. The zero-order valence-electron chi connectivity index (χ0n) is 11.0. The predicted molar refractivity (Wildman–Crippen MR) is 72.6 cm³/mol. The standard InChI is InChI=1S/C11H17NO5S2/c1-9-8-10(17-2)4-5-11(9)19(15,16)12-6-7-18(3,13)14/h4-5,8,12H,6-7H2,1-3H3. The second-order valence-corrected chi connectivity index (χ2v) is 8.15. The Balaban J connectivity index is 2.89. The lowest BCUT2D eigenvalue weighted by Crippen LogP contribution is -2.29. The van der Waals surface area contributed by atoms with Crippen LogP contribution in [0, 0.1) is 6.92 Å². The van der Waals surface area contributed by atoms with Crippen LogP contribution in [0.4, 0.5) is 0 Å². The van der Waals surface area contributed by atoms with Gasteiger partial charge in [0.25, 0.3) is 0 Å². The van der Waals surface area contributed by atoms with Crippen LogP contribution in [-0.2, 0) is 19.9 Å². The minimum absolute atomic E-state index is 0.113. The van der Waals surface area contributed by atoms with Crippen LogP contribution in [0.15, 0.2) is 23.1 Å². The minimum atomic E-state index is -3.71. The van der Waals surface area contributed by atoms with Crippen molar-refractivity contribution in [2.75, 3.05) is 25.7 Å². The lowest BCUT2D eigenvalue weighted by atomic mass is 10.2. The molecular weight excluding hydrogens is 290 g/mol. The maximum atomic E-state index is 12.0. The van der Waals surface area contributed by atoms with Gasteiger partial charge in [-0.25, -0.2) is 21.6 Å². The van der Waals surface area contributed by atoms with Crippen molar-refractivity contribution in [2.45, 2.75) is 11.8 Å². The number of ether oxygens (including phenoxy) is 1. The first-order valence-corrected chi connectivity index (χ1v) is 9.02.